The van der Waals surface area contributed by atoms with Gasteiger partial charge in [0.05, 0.1) is 5.52 Å². The lowest BCUT2D eigenvalue weighted by Gasteiger charge is -2.20. The van der Waals surface area contributed by atoms with Crippen molar-refractivity contribution in [1.82, 2.24) is 9.97 Å². The Morgan fingerprint density at radius 2 is 1.70 bits per heavy atom. The van der Waals surface area contributed by atoms with E-state index in [4.69, 9.17) is 0 Å². The molecule has 118 valence electrons. The van der Waals surface area contributed by atoms with Crippen molar-refractivity contribution in [1.29, 1.82) is 0 Å². The topological polar surface area (TPSA) is 38.2 Å². The third-order valence-electron chi connectivity index (χ3n) is 3.46. The maximum Gasteiger partial charge on any atom is 0.387 e. The molecule has 6 heteroatoms. The molecule has 4 nitrogen and oxygen atoms in total. The van der Waals surface area contributed by atoms with E-state index in [9.17, 15) is 8.78 Å². The smallest absolute Gasteiger partial charge is 0.387 e. The Kier molecular flexibility index (Phi) is 4.06. The van der Waals surface area contributed by atoms with Crippen LogP contribution >= 0.6 is 0 Å². The van der Waals surface area contributed by atoms with Gasteiger partial charge in [-0.05, 0) is 43.3 Å². The zero-order valence-corrected chi connectivity index (χ0v) is 12.7. The third-order valence-corrected chi connectivity index (χ3v) is 3.46. The van der Waals surface area contributed by atoms with Gasteiger partial charge in [0.25, 0.3) is 0 Å². The van der Waals surface area contributed by atoms with E-state index < -0.39 is 6.61 Å². The Morgan fingerprint density at radius 3 is 2.39 bits per heavy atom. The van der Waals surface area contributed by atoms with Gasteiger partial charge in [0.1, 0.15) is 17.4 Å². The molecular formula is C17H15F2N3O. The van der Waals surface area contributed by atoms with Crippen molar-refractivity contribution in [3.8, 4) is 5.75 Å². The van der Waals surface area contributed by atoms with Crippen molar-refractivity contribution >= 4 is 22.4 Å². The van der Waals surface area contributed by atoms with Gasteiger partial charge in [0.15, 0.2) is 0 Å². The Balaban J connectivity index is 1.98. The summed E-state index contributed by atoms with van der Waals surface area (Å²) < 4.78 is 28.8. The molecule has 0 bridgehead atoms. The molecule has 1 heterocycles. The molecule has 0 atom stereocenters. The number of para-hydroxylation sites is 1. The number of halogens is 2. The summed E-state index contributed by atoms with van der Waals surface area (Å²) in [4.78, 5) is 10.8. The summed E-state index contributed by atoms with van der Waals surface area (Å²) in [6.07, 6.45) is 0. The molecule has 3 aromatic rings. The fourth-order valence-corrected chi connectivity index (χ4v) is 2.40. The summed E-state index contributed by atoms with van der Waals surface area (Å²) in [6, 6.07) is 14.2. The lowest BCUT2D eigenvalue weighted by atomic mass is 10.2. The molecule has 0 aliphatic heterocycles. The van der Waals surface area contributed by atoms with Crippen LogP contribution in [0.25, 0.3) is 10.9 Å². The van der Waals surface area contributed by atoms with Gasteiger partial charge in [-0.15, -0.1) is 0 Å². The highest BCUT2D eigenvalue weighted by Gasteiger charge is 2.12. The Hall–Kier alpha value is -2.76. The van der Waals surface area contributed by atoms with Crippen LogP contribution < -0.4 is 9.64 Å². The second-order valence-corrected chi connectivity index (χ2v) is 5.04. The summed E-state index contributed by atoms with van der Waals surface area (Å²) in [6.45, 7) is -0.990. The summed E-state index contributed by atoms with van der Waals surface area (Å²) in [5.74, 6) is 1.56. The van der Waals surface area contributed by atoms with Gasteiger partial charge >= 0.3 is 6.61 Å². The first-order chi connectivity index (χ1) is 11.0. The van der Waals surface area contributed by atoms with E-state index in [0.717, 1.165) is 22.4 Å². The van der Waals surface area contributed by atoms with Crippen LogP contribution in [0.1, 0.15) is 5.82 Å². The quantitative estimate of drug-likeness (QED) is 0.719. The Bertz CT molecular complexity index is 822. The minimum Gasteiger partial charge on any atom is -0.435 e. The van der Waals surface area contributed by atoms with Crippen molar-refractivity contribution in [2.75, 3.05) is 11.9 Å². The van der Waals surface area contributed by atoms with Gasteiger partial charge in [-0.1, -0.05) is 12.1 Å². The largest absolute Gasteiger partial charge is 0.435 e. The number of aryl methyl sites for hydroxylation is 1. The molecule has 3 rings (SSSR count). The lowest BCUT2D eigenvalue weighted by molar-refractivity contribution is -0.0498. The molecule has 1 aromatic heterocycles. The van der Waals surface area contributed by atoms with Gasteiger partial charge in [-0.3, -0.25) is 0 Å². The van der Waals surface area contributed by atoms with E-state index in [-0.39, 0.29) is 5.75 Å². The molecule has 0 saturated carbocycles. The SMILES string of the molecule is Cc1nc(N(C)c2ccc(OC(F)F)cc2)c2ccccc2n1. The number of aromatic nitrogens is 2. The van der Waals surface area contributed by atoms with Crippen molar-refractivity contribution in [2.24, 2.45) is 0 Å². The van der Waals surface area contributed by atoms with Crippen LogP contribution in [0.4, 0.5) is 20.3 Å². The van der Waals surface area contributed by atoms with Gasteiger partial charge in [-0.25, -0.2) is 9.97 Å². The summed E-state index contributed by atoms with van der Waals surface area (Å²) in [5, 5.41) is 0.925. The first-order valence-electron chi connectivity index (χ1n) is 7.06. The lowest BCUT2D eigenvalue weighted by Crippen LogP contribution is -2.13. The van der Waals surface area contributed by atoms with Crippen LogP contribution in [0.15, 0.2) is 48.5 Å². The van der Waals surface area contributed by atoms with Gasteiger partial charge in [-0.2, -0.15) is 8.78 Å². The first kappa shape index (κ1) is 15.1. The molecule has 0 unspecified atom stereocenters. The molecule has 2 aromatic carbocycles. The van der Waals surface area contributed by atoms with Crippen LogP contribution in [0, 0.1) is 6.92 Å². The van der Waals surface area contributed by atoms with E-state index in [1.54, 1.807) is 12.1 Å². The van der Waals surface area contributed by atoms with E-state index in [1.165, 1.54) is 12.1 Å². The molecule has 0 amide bonds. The normalized spacial score (nSPS) is 11.0. The first-order valence-corrected chi connectivity index (χ1v) is 7.06. The summed E-state index contributed by atoms with van der Waals surface area (Å²) in [5.41, 5.74) is 1.68. The molecule has 0 aliphatic carbocycles. The standard InChI is InChI=1S/C17H15F2N3O/c1-11-20-15-6-4-3-5-14(15)16(21-11)22(2)12-7-9-13(10-8-12)23-17(18)19/h3-10,17H,1-2H3. The van der Waals surface area contributed by atoms with Crippen LogP contribution in [-0.2, 0) is 0 Å². The number of hydrogen-bond donors (Lipinski definition) is 0. The molecule has 0 spiro atoms. The number of rotatable bonds is 4. The molecular weight excluding hydrogens is 300 g/mol. The Labute approximate surface area is 132 Å². The summed E-state index contributed by atoms with van der Waals surface area (Å²) >= 11 is 0. The highest BCUT2D eigenvalue weighted by molar-refractivity contribution is 5.91. The molecule has 0 aliphatic rings. The predicted octanol–water partition coefficient (Wildman–Crippen LogP) is 4.31. The van der Waals surface area contributed by atoms with Crippen molar-refractivity contribution in [3.05, 3.63) is 54.4 Å². The molecule has 0 radical (unpaired) electrons. The van der Waals surface area contributed by atoms with Gasteiger partial charge < -0.3 is 9.64 Å². The minimum atomic E-state index is -2.83. The number of benzene rings is 2. The van der Waals surface area contributed by atoms with Crippen LogP contribution in [0.2, 0.25) is 0 Å². The minimum absolute atomic E-state index is 0.126. The van der Waals surface area contributed by atoms with E-state index in [2.05, 4.69) is 14.7 Å². The van der Waals surface area contributed by atoms with Gasteiger partial charge in [0.2, 0.25) is 0 Å². The fraction of sp³-hybridized carbons (Fsp3) is 0.176. The average Bonchev–Trinajstić information content (AvgIpc) is 2.53. The second-order valence-electron chi connectivity index (χ2n) is 5.04. The zero-order chi connectivity index (χ0) is 16.4. The van der Waals surface area contributed by atoms with Gasteiger partial charge in [0, 0.05) is 18.1 Å². The second kappa shape index (κ2) is 6.16. The fourth-order valence-electron chi connectivity index (χ4n) is 2.40. The maximum atomic E-state index is 12.2. The molecule has 0 N–H and O–H groups in total. The number of anilines is 2. The van der Waals surface area contributed by atoms with Crippen LogP contribution in [0.3, 0.4) is 0 Å². The average molecular weight is 315 g/mol. The number of nitrogens with zero attached hydrogens (tertiary/aromatic N) is 3. The number of hydrogen-bond acceptors (Lipinski definition) is 4. The Morgan fingerprint density at radius 1 is 1.00 bits per heavy atom. The van der Waals surface area contributed by atoms with E-state index >= 15 is 0 Å². The molecule has 0 fully saturated rings. The number of alkyl halides is 2. The number of ether oxygens (including phenoxy) is 1. The van der Waals surface area contributed by atoms with Crippen molar-refractivity contribution in [2.45, 2.75) is 13.5 Å². The highest BCUT2D eigenvalue weighted by Crippen LogP contribution is 2.29. The zero-order valence-electron chi connectivity index (χ0n) is 12.7. The third kappa shape index (κ3) is 3.21. The number of fused-ring (bicyclic) bond motifs is 1. The molecule has 0 saturated heterocycles. The van der Waals surface area contributed by atoms with Crippen molar-refractivity contribution < 1.29 is 13.5 Å². The highest BCUT2D eigenvalue weighted by atomic mass is 19.3. The molecule has 23 heavy (non-hydrogen) atoms. The maximum absolute atomic E-state index is 12.2. The summed E-state index contributed by atoms with van der Waals surface area (Å²) in [7, 11) is 1.87. The van der Waals surface area contributed by atoms with Crippen molar-refractivity contribution in [3.63, 3.8) is 0 Å². The van der Waals surface area contributed by atoms with Crippen LogP contribution in [-0.4, -0.2) is 23.6 Å². The van der Waals surface area contributed by atoms with E-state index in [1.807, 2.05) is 43.1 Å². The predicted molar refractivity (Wildman–Crippen MR) is 85.4 cm³/mol. The van der Waals surface area contributed by atoms with Crippen LogP contribution in [0.5, 0.6) is 5.75 Å². The van der Waals surface area contributed by atoms with E-state index in [0.29, 0.717) is 5.82 Å². The monoisotopic (exact) mass is 315 g/mol.